The van der Waals surface area contributed by atoms with Gasteiger partial charge in [0.2, 0.25) is 0 Å². The SMILES string of the molecule is Cc1ccc(Cl)cc1OOP(O)(O)=S. The summed E-state index contributed by atoms with van der Waals surface area (Å²) >= 11 is 9.89. The van der Waals surface area contributed by atoms with Gasteiger partial charge in [0.1, 0.15) is 0 Å². The van der Waals surface area contributed by atoms with E-state index in [1.807, 2.05) is 0 Å². The van der Waals surface area contributed by atoms with E-state index in [4.69, 9.17) is 21.4 Å². The molecule has 0 atom stereocenters. The van der Waals surface area contributed by atoms with Crippen molar-refractivity contribution in [3.05, 3.63) is 28.8 Å². The number of hydrogen-bond donors (Lipinski definition) is 2. The van der Waals surface area contributed by atoms with Crippen LogP contribution >= 0.6 is 18.3 Å². The van der Waals surface area contributed by atoms with Crippen molar-refractivity contribution < 1.29 is 19.3 Å². The zero-order valence-electron chi connectivity index (χ0n) is 7.18. The molecule has 1 aromatic carbocycles. The van der Waals surface area contributed by atoms with Gasteiger partial charge in [-0.2, -0.15) is 0 Å². The highest BCUT2D eigenvalue weighted by Gasteiger charge is 2.11. The number of benzene rings is 1. The fourth-order valence-corrected chi connectivity index (χ4v) is 1.18. The monoisotopic (exact) mass is 254 g/mol. The number of halogens is 1. The summed E-state index contributed by atoms with van der Waals surface area (Å²) in [5, 5.41) is 0.457. The molecule has 0 aliphatic rings. The van der Waals surface area contributed by atoms with E-state index in [0.717, 1.165) is 5.56 Å². The minimum Gasteiger partial charge on any atom is -0.329 e. The first-order valence-electron chi connectivity index (χ1n) is 3.56. The summed E-state index contributed by atoms with van der Waals surface area (Å²) in [7, 11) is 0. The summed E-state index contributed by atoms with van der Waals surface area (Å²) in [5.41, 5.74) is 0.748. The standard InChI is InChI=1S/C7H8ClO4PS/c1-5-2-3-6(8)4-7(5)11-12-13(9,10)14/h2-4H,1H3,(H2,9,10,14). The second-order valence-electron chi connectivity index (χ2n) is 2.56. The molecule has 0 unspecified atom stereocenters. The highest BCUT2D eigenvalue weighted by Crippen LogP contribution is 2.37. The van der Waals surface area contributed by atoms with Gasteiger partial charge in [-0.25, -0.2) is 0 Å². The van der Waals surface area contributed by atoms with E-state index in [-0.39, 0.29) is 0 Å². The fourth-order valence-electron chi connectivity index (χ4n) is 0.752. The van der Waals surface area contributed by atoms with Gasteiger partial charge in [0.05, 0.1) is 0 Å². The summed E-state index contributed by atoms with van der Waals surface area (Å²) in [6.45, 7) is -2.04. The Kier molecular flexibility index (Phi) is 3.89. The lowest BCUT2D eigenvalue weighted by Gasteiger charge is -2.09. The smallest absolute Gasteiger partial charge is 0.329 e. The molecular weight excluding hydrogens is 247 g/mol. The average molecular weight is 255 g/mol. The maximum atomic E-state index is 8.74. The molecule has 78 valence electrons. The van der Waals surface area contributed by atoms with Crippen LogP contribution in [0.1, 0.15) is 5.56 Å². The second-order valence-corrected chi connectivity index (χ2v) is 5.55. The van der Waals surface area contributed by atoms with Crippen LogP contribution in [-0.2, 0) is 16.5 Å². The number of rotatable bonds is 3. The molecule has 0 saturated carbocycles. The third-order valence-electron chi connectivity index (χ3n) is 1.37. The molecule has 14 heavy (non-hydrogen) atoms. The van der Waals surface area contributed by atoms with E-state index < -0.39 is 6.72 Å². The van der Waals surface area contributed by atoms with E-state index in [0.29, 0.717) is 10.8 Å². The lowest BCUT2D eigenvalue weighted by Crippen LogP contribution is -1.96. The summed E-state index contributed by atoms with van der Waals surface area (Å²) in [6.07, 6.45) is 0. The van der Waals surface area contributed by atoms with Crippen molar-refractivity contribution in [3.8, 4) is 5.75 Å². The van der Waals surface area contributed by atoms with E-state index in [1.165, 1.54) is 6.07 Å². The van der Waals surface area contributed by atoms with Gasteiger partial charge in [-0.15, -0.1) is 4.67 Å². The van der Waals surface area contributed by atoms with Crippen LogP contribution in [0.15, 0.2) is 18.2 Å². The molecule has 0 bridgehead atoms. The van der Waals surface area contributed by atoms with Crippen LogP contribution in [0.5, 0.6) is 5.75 Å². The van der Waals surface area contributed by atoms with Crippen LogP contribution in [0.25, 0.3) is 0 Å². The van der Waals surface area contributed by atoms with Gasteiger partial charge >= 0.3 is 6.72 Å². The summed E-state index contributed by atoms with van der Waals surface area (Å²) in [4.78, 5) is 22.1. The molecule has 7 heteroatoms. The predicted molar refractivity (Wildman–Crippen MR) is 56.6 cm³/mol. The van der Waals surface area contributed by atoms with Gasteiger partial charge in [-0.05, 0) is 30.4 Å². The Balaban J connectivity index is 2.76. The molecule has 0 aromatic heterocycles. The van der Waals surface area contributed by atoms with E-state index in [9.17, 15) is 0 Å². The van der Waals surface area contributed by atoms with Crippen LogP contribution in [0.2, 0.25) is 5.02 Å². The van der Waals surface area contributed by atoms with Gasteiger partial charge in [0, 0.05) is 11.1 Å². The first-order valence-corrected chi connectivity index (χ1v) is 6.57. The Hall–Kier alpha value is -0.160. The van der Waals surface area contributed by atoms with E-state index >= 15 is 0 Å². The molecule has 4 nitrogen and oxygen atoms in total. The van der Waals surface area contributed by atoms with Gasteiger partial charge in [-0.3, -0.25) is 0 Å². The van der Waals surface area contributed by atoms with Gasteiger partial charge < -0.3 is 14.7 Å². The summed E-state index contributed by atoms with van der Waals surface area (Å²) in [6, 6.07) is 4.87. The summed E-state index contributed by atoms with van der Waals surface area (Å²) < 4.78 is 4.23. The van der Waals surface area contributed by atoms with Crippen LogP contribution < -0.4 is 4.89 Å². The minimum absolute atomic E-state index is 0.301. The van der Waals surface area contributed by atoms with Crippen molar-refractivity contribution in [2.24, 2.45) is 0 Å². The van der Waals surface area contributed by atoms with E-state index in [2.05, 4.69) is 21.4 Å². The molecule has 0 radical (unpaired) electrons. The van der Waals surface area contributed by atoms with Crippen molar-refractivity contribution >= 4 is 30.1 Å². The molecule has 0 fully saturated rings. The highest BCUT2D eigenvalue weighted by molar-refractivity contribution is 8.06. The quantitative estimate of drug-likeness (QED) is 0.492. The highest BCUT2D eigenvalue weighted by atomic mass is 35.5. The Morgan fingerprint density at radius 1 is 1.43 bits per heavy atom. The topological polar surface area (TPSA) is 58.9 Å². The molecule has 0 heterocycles. The molecule has 1 aromatic rings. The van der Waals surface area contributed by atoms with Crippen molar-refractivity contribution in [2.75, 3.05) is 0 Å². The normalized spacial score (nSPS) is 11.4. The van der Waals surface area contributed by atoms with Crippen molar-refractivity contribution in [1.29, 1.82) is 0 Å². The third-order valence-corrected chi connectivity index (χ3v) is 2.06. The molecule has 1 rings (SSSR count). The number of aryl methyl sites for hydroxylation is 1. The molecule has 0 aliphatic heterocycles. The Bertz CT molecular complexity index is 378. The molecule has 0 spiro atoms. The lowest BCUT2D eigenvalue weighted by molar-refractivity contribution is -0.111. The van der Waals surface area contributed by atoms with Gasteiger partial charge in [-0.1, -0.05) is 17.7 Å². The first-order chi connectivity index (χ1) is 6.38. The first kappa shape index (κ1) is 11.9. The zero-order valence-corrected chi connectivity index (χ0v) is 9.64. The van der Waals surface area contributed by atoms with Gasteiger partial charge in [0.25, 0.3) is 0 Å². The maximum Gasteiger partial charge on any atom is 0.361 e. The lowest BCUT2D eigenvalue weighted by atomic mass is 10.2. The van der Waals surface area contributed by atoms with Crippen LogP contribution in [-0.4, -0.2) is 9.79 Å². The zero-order chi connectivity index (χ0) is 10.8. The summed E-state index contributed by atoms with van der Waals surface area (Å²) in [5.74, 6) is 0.301. The molecular formula is C7H8ClO4PS. The average Bonchev–Trinajstić information content (AvgIpc) is 2.05. The predicted octanol–water partition coefficient (Wildman–Crippen LogP) is 2.17. The largest absolute Gasteiger partial charge is 0.361 e. The molecule has 0 aliphatic carbocycles. The van der Waals surface area contributed by atoms with E-state index in [1.54, 1.807) is 19.1 Å². The fraction of sp³-hybridized carbons (Fsp3) is 0.143. The van der Waals surface area contributed by atoms with Crippen molar-refractivity contribution in [3.63, 3.8) is 0 Å². The van der Waals surface area contributed by atoms with Crippen LogP contribution in [0.3, 0.4) is 0 Å². The maximum absolute atomic E-state index is 8.74. The second kappa shape index (κ2) is 4.57. The molecule has 0 amide bonds. The van der Waals surface area contributed by atoms with Gasteiger partial charge in [0.15, 0.2) is 5.75 Å². The van der Waals surface area contributed by atoms with Crippen molar-refractivity contribution in [1.82, 2.24) is 0 Å². The minimum atomic E-state index is -3.80. The third kappa shape index (κ3) is 3.92. The van der Waals surface area contributed by atoms with Crippen molar-refractivity contribution in [2.45, 2.75) is 6.92 Å². The Labute approximate surface area is 91.2 Å². The number of hydrogen-bond acceptors (Lipinski definition) is 3. The Morgan fingerprint density at radius 3 is 2.64 bits per heavy atom. The van der Waals surface area contributed by atoms with Crippen LogP contribution in [0, 0.1) is 6.92 Å². The molecule has 2 N–H and O–H groups in total. The molecule has 0 saturated heterocycles. The Morgan fingerprint density at radius 2 is 2.07 bits per heavy atom. The van der Waals surface area contributed by atoms with Crippen LogP contribution in [0.4, 0.5) is 0 Å².